The molecular formula is C31H40Cl2FN3O3. The van der Waals surface area contributed by atoms with E-state index in [0.29, 0.717) is 47.7 Å². The molecule has 1 amide bonds. The van der Waals surface area contributed by atoms with Crippen LogP contribution < -0.4 is 16.4 Å². The molecule has 0 radical (unpaired) electrons. The summed E-state index contributed by atoms with van der Waals surface area (Å²) in [5, 5.41) is 7.52. The molecule has 9 heteroatoms. The number of nitrogens with one attached hydrogen (secondary N) is 2. The summed E-state index contributed by atoms with van der Waals surface area (Å²) < 4.78 is 20.6. The van der Waals surface area contributed by atoms with Gasteiger partial charge in [-0.25, -0.2) is 4.39 Å². The van der Waals surface area contributed by atoms with E-state index in [2.05, 4.69) is 31.4 Å². The van der Waals surface area contributed by atoms with E-state index in [0.717, 1.165) is 0 Å². The molecule has 0 spiro atoms. The first kappa shape index (κ1) is 30.8. The lowest BCUT2D eigenvalue weighted by atomic mass is 9.68. The summed E-state index contributed by atoms with van der Waals surface area (Å²) in [5.41, 5.74) is 6.16. The van der Waals surface area contributed by atoms with Crippen molar-refractivity contribution in [2.24, 2.45) is 16.6 Å². The van der Waals surface area contributed by atoms with Crippen molar-refractivity contribution >= 4 is 35.1 Å². The van der Waals surface area contributed by atoms with Crippen molar-refractivity contribution in [3.8, 4) is 0 Å². The molecule has 2 fully saturated rings. The summed E-state index contributed by atoms with van der Waals surface area (Å²) in [6, 6.07) is 10.3. The quantitative estimate of drug-likeness (QED) is 0.354. The van der Waals surface area contributed by atoms with Gasteiger partial charge in [0.05, 0.1) is 24.1 Å². The minimum absolute atomic E-state index is 0.115. The molecule has 0 bridgehead atoms. The predicted octanol–water partition coefficient (Wildman–Crippen LogP) is 6.09. The Balaban J connectivity index is 1.74. The van der Waals surface area contributed by atoms with Crippen LogP contribution in [-0.4, -0.2) is 37.1 Å². The number of hydrogen-bond acceptors (Lipinski definition) is 5. The van der Waals surface area contributed by atoms with E-state index in [1.165, 1.54) is 19.2 Å². The van der Waals surface area contributed by atoms with Crippen molar-refractivity contribution < 1.29 is 18.7 Å². The molecular weight excluding hydrogens is 552 g/mol. The molecule has 0 unspecified atom stereocenters. The number of rotatable bonds is 6. The number of amides is 1. The van der Waals surface area contributed by atoms with Crippen LogP contribution in [0.5, 0.6) is 0 Å². The van der Waals surface area contributed by atoms with Crippen LogP contribution in [-0.2, 0) is 19.9 Å². The second-order valence-corrected chi connectivity index (χ2v) is 13.7. The molecule has 40 heavy (non-hydrogen) atoms. The Morgan fingerprint density at radius 1 is 1.15 bits per heavy atom. The fourth-order valence-electron chi connectivity index (χ4n) is 6.50. The zero-order valence-electron chi connectivity index (χ0n) is 23.8. The van der Waals surface area contributed by atoms with Crippen LogP contribution in [0.4, 0.5) is 4.39 Å². The minimum atomic E-state index is -1.34. The molecule has 1 saturated heterocycles. The van der Waals surface area contributed by atoms with Gasteiger partial charge in [-0.05, 0) is 74.3 Å². The SMILES string of the molecule is COC(=O)C1(C)CCC(NC(=O)[C@@H]2N[C@@H](CC(C)(C)C)[C@](N)(c3cc(Cl)ccc3F)[C@H]2c2ccccc2Cl)CC1. The zero-order chi connectivity index (χ0) is 29.5. The van der Waals surface area contributed by atoms with Crippen molar-refractivity contribution in [1.29, 1.82) is 0 Å². The van der Waals surface area contributed by atoms with Crippen LogP contribution in [0.2, 0.25) is 10.0 Å². The number of esters is 1. The second-order valence-electron chi connectivity index (χ2n) is 12.9. The second kappa shape index (κ2) is 11.6. The number of carbonyl (C=O) groups is 2. The van der Waals surface area contributed by atoms with Gasteiger partial charge in [0.25, 0.3) is 0 Å². The largest absolute Gasteiger partial charge is 0.469 e. The van der Waals surface area contributed by atoms with Gasteiger partial charge in [0.15, 0.2) is 0 Å². The fourth-order valence-corrected chi connectivity index (χ4v) is 6.93. The number of nitrogens with two attached hydrogens (primary N) is 1. The molecule has 1 saturated carbocycles. The lowest BCUT2D eigenvalue weighted by molar-refractivity contribution is -0.153. The lowest BCUT2D eigenvalue weighted by Crippen LogP contribution is -2.52. The maximum absolute atomic E-state index is 15.6. The molecule has 1 heterocycles. The van der Waals surface area contributed by atoms with Crippen LogP contribution in [0.25, 0.3) is 0 Å². The Morgan fingerprint density at radius 2 is 1.80 bits per heavy atom. The van der Waals surface area contributed by atoms with Gasteiger partial charge in [0, 0.05) is 33.6 Å². The molecule has 1 aliphatic carbocycles. The van der Waals surface area contributed by atoms with Gasteiger partial charge in [-0.2, -0.15) is 0 Å². The van der Waals surface area contributed by atoms with Gasteiger partial charge in [0.2, 0.25) is 5.91 Å². The van der Waals surface area contributed by atoms with Crippen molar-refractivity contribution in [3.05, 3.63) is 69.5 Å². The molecule has 4 N–H and O–H groups in total. The highest BCUT2D eigenvalue weighted by Gasteiger charge is 2.58. The average molecular weight is 593 g/mol. The average Bonchev–Trinajstić information content (AvgIpc) is 3.18. The maximum Gasteiger partial charge on any atom is 0.311 e. The van der Waals surface area contributed by atoms with Crippen LogP contribution in [0.3, 0.4) is 0 Å². The maximum atomic E-state index is 15.6. The molecule has 6 nitrogen and oxygen atoms in total. The number of hydrogen-bond donors (Lipinski definition) is 3. The monoisotopic (exact) mass is 591 g/mol. The van der Waals surface area contributed by atoms with E-state index in [4.69, 9.17) is 33.7 Å². The Hall–Kier alpha value is -2.19. The molecule has 4 rings (SSSR count). The van der Waals surface area contributed by atoms with Crippen LogP contribution in [0, 0.1) is 16.6 Å². The molecule has 1 aliphatic heterocycles. The van der Waals surface area contributed by atoms with Gasteiger partial charge >= 0.3 is 5.97 Å². The van der Waals surface area contributed by atoms with Crippen LogP contribution in [0.15, 0.2) is 42.5 Å². The minimum Gasteiger partial charge on any atom is -0.469 e. The van der Waals surface area contributed by atoms with Crippen molar-refractivity contribution in [3.63, 3.8) is 0 Å². The van der Waals surface area contributed by atoms with Crippen LogP contribution in [0.1, 0.15) is 76.8 Å². The Labute approximate surface area is 246 Å². The topological polar surface area (TPSA) is 93.4 Å². The Bertz CT molecular complexity index is 1260. The lowest BCUT2D eigenvalue weighted by Gasteiger charge is -2.40. The number of methoxy groups -OCH3 is 1. The summed E-state index contributed by atoms with van der Waals surface area (Å²) in [7, 11) is 1.40. The van der Waals surface area contributed by atoms with Gasteiger partial charge in [0.1, 0.15) is 5.82 Å². The highest BCUT2D eigenvalue weighted by atomic mass is 35.5. The van der Waals surface area contributed by atoms with Crippen molar-refractivity contribution in [2.75, 3.05) is 7.11 Å². The van der Waals surface area contributed by atoms with E-state index in [9.17, 15) is 9.59 Å². The first-order valence-corrected chi connectivity index (χ1v) is 14.6. The van der Waals surface area contributed by atoms with E-state index in [1.807, 2.05) is 25.1 Å². The molecule has 2 aromatic rings. The van der Waals surface area contributed by atoms with Crippen LogP contribution >= 0.6 is 23.2 Å². The summed E-state index contributed by atoms with van der Waals surface area (Å²) in [6.07, 6.45) is 3.07. The first-order valence-electron chi connectivity index (χ1n) is 13.8. The highest BCUT2D eigenvalue weighted by molar-refractivity contribution is 6.31. The van der Waals surface area contributed by atoms with Crippen molar-refractivity contribution in [1.82, 2.24) is 10.6 Å². The van der Waals surface area contributed by atoms with Gasteiger partial charge < -0.3 is 21.1 Å². The number of ether oxygens (including phenoxy) is 1. The predicted molar refractivity (Wildman–Crippen MR) is 157 cm³/mol. The molecule has 4 atom stereocenters. The smallest absolute Gasteiger partial charge is 0.311 e. The molecule has 218 valence electrons. The highest BCUT2D eigenvalue weighted by Crippen LogP contribution is 2.50. The third-order valence-electron chi connectivity index (χ3n) is 8.65. The number of carbonyl (C=O) groups excluding carboxylic acids is 2. The van der Waals surface area contributed by atoms with Gasteiger partial charge in [-0.15, -0.1) is 0 Å². The summed E-state index contributed by atoms with van der Waals surface area (Å²) in [6.45, 7) is 8.16. The van der Waals surface area contributed by atoms with E-state index >= 15 is 4.39 Å². The number of halogens is 3. The third-order valence-corrected chi connectivity index (χ3v) is 9.23. The van der Waals surface area contributed by atoms with E-state index < -0.39 is 34.8 Å². The Morgan fingerprint density at radius 3 is 2.40 bits per heavy atom. The standard InChI is InChI=1S/C31H40Cl2FN3O3/c1-29(2,3)17-24-31(35,21-16-18(32)10-11-23(21)34)25(20-8-6-7-9-22(20)33)26(37-24)27(38)36-19-12-14-30(4,15-13-19)28(39)40-5/h6-11,16,19,24-26,37H,12-15,17,35H2,1-5H3,(H,36,38)/t19?,24-,25-,26+,30?,31+/m0/s1. The molecule has 2 aliphatic rings. The van der Waals surface area contributed by atoms with Gasteiger partial charge in [-0.3, -0.25) is 9.59 Å². The van der Waals surface area contributed by atoms with Crippen molar-refractivity contribution in [2.45, 2.75) is 89.4 Å². The molecule has 0 aromatic heterocycles. The van der Waals surface area contributed by atoms with E-state index in [-0.39, 0.29) is 28.9 Å². The zero-order valence-corrected chi connectivity index (χ0v) is 25.3. The van der Waals surface area contributed by atoms with E-state index in [1.54, 1.807) is 12.1 Å². The summed E-state index contributed by atoms with van der Waals surface area (Å²) in [5.74, 6) is -1.63. The number of benzene rings is 2. The first-order chi connectivity index (χ1) is 18.7. The third kappa shape index (κ3) is 6.03. The normalized spacial score (nSPS) is 30.6. The van der Waals surface area contributed by atoms with Gasteiger partial charge in [-0.1, -0.05) is 62.2 Å². The fraction of sp³-hybridized carbons (Fsp3) is 0.548. The Kier molecular flexibility index (Phi) is 8.92. The summed E-state index contributed by atoms with van der Waals surface area (Å²) in [4.78, 5) is 26.3. The summed E-state index contributed by atoms with van der Waals surface area (Å²) >= 11 is 13.1. The molecule has 2 aromatic carbocycles.